The molecule has 6 nitrogen and oxygen atoms in total. The van der Waals surface area contributed by atoms with Crippen LogP contribution >= 0.6 is 11.3 Å². The summed E-state index contributed by atoms with van der Waals surface area (Å²) >= 11 is 0.993. The fraction of sp³-hybridized carbons (Fsp3) is 0.154. The first-order valence-electron chi connectivity index (χ1n) is 5.95. The largest absolute Gasteiger partial charge is 0.476 e. The molecule has 0 fully saturated rings. The lowest BCUT2D eigenvalue weighted by atomic mass is 10.1. The first kappa shape index (κ1) is 15.1. The third-order valence-corrected chi connectivity index (χ3v) is 3.39. The molecule has 0 unspecified atom stereocenters. The third-order valence-electron chi connectivity index (χ3n) is 2.63. The van der Waals surface area contributed by atoms with E-state index in [9.17, 15) is 14.0 Å². The Bertz CT molecular complexity index is 674. The van der Waals surface area contributed by atoms with Crippen molar-refractivity contribution in [1.29, 1.82) is 0 Å². The number of nitrogens with two attached hydrogens (primary N) is 1. The minimum atomic E-state index is -1.17. The molecule has 0 radical (unpaired) electrons. The second kappa shape index (κ2) is 6.42. The molecular weight excluding hydrogens is 297 g/mol. The molecule has 0 aliphatic carbocycles. The van der Waals surface area contributed by atoms with Crippen LogP contribution in [-0.2, 0) is 11.2 Å². The van der Waals surface area contributed by atoms with Gasteiger partial charge in [0, 0.05) is 5.38 Å². The molecule has 1 atom stereocenters. The van der Waals surface area contributed by atoms with E-state index in [1.54, 1.807) is 6.07 Å². The molecule has 0 spiro atoms. The predicted molar refractivity (Wildman–Crippen MR) is 75.8 cm³/mol. The van der Waals surface area contributed by atoms with Crippen LogP contribution in [0.3, 0.4) is 0 Å². The number of aromatic carboxylic acids is 1. The van der Waals surface area contributed by atoms with Gasteiger partial charge >= 0.3 is 5.97 Å². The van der Waals surface area contributed by atoms with Crippen molar-refractivity contribution in [2.75, 3.05) is 5.32 Å². The minimum Gasteiger partial charge on any atom is -0.476 e. The number of aromatic nitrogens is 1. The number of hydrogen-bond donors (Lipinski definition) is 3. The summed E-state index contributed by atoms with van der Waals surface area (Å²) in [5.74, 6) is -2.08. The first-order chi connectivity index (χ1) is 9.95. The van der Waals surface area contributed by atoms with Gasteiger partial charge in [-0.1, -0.05) is 12.1 Å². The quantitative estimate of drug-likeness (QED) is 0.776. The van der Waals surface area contributed by atoms with E-state index in [0.29, 0.717) is 5.56 Å². The van der Waals surface area contributed by atoms with Crippen LogP contribution in [0.2, 0.25) is 0 Å². The normalized spacial score (nSPS) is 11.9. The zero-order chi connectivity index (χ0) is 15.4. The molecule has 8 heteroatoms. The fourth-order valence-corrected chi connectivity index (χ4v) is 2.33. The molecular formula is C13H12FN3O3S. The highest BCUT2D eigenvalue weighted by atomic mass is 32.1. The fourth-order valence-electron chi connectivity index (χ4n) is 1.64. The molecule has 1 aromatic carbocycles. The molecule has 2 aromatic rings. The van der Waals surface area contributed by atoms with Gasteiger partial charge in [0.05, 0.1) is 6.04 Å². The average Bonchev–Trinajstić information content (AvgIpc) is 2.87. The van der Waals surface area contributed by atoms with Crippen LogP contribution in [0.1, 0.15) is 16.1 Å². The number of halogens is 1. The Hall–Kier alpha value is -2.32. The lowest BCUT2D eigenvalue weighted by molar-refractivity contribution is -0.117. The number of anilines is 1. The number of carboxylic acids is 1. The standard InChI is InChI=1S/C13H12FN3O3S/c14-8-3-1-2-7(4-8)5-9(15)11(18)17-13-16-10(6-21-13)12(19)20/h1-4,6,9H,5,15H2,(H,19,20)(H,16,17,18)/t9-/m0/s1. The number of hydrogen-bond acceptors (Lipinski definition) is 5. The Morgan fingerprint density at radius 1 is 1.48 bits per heavy atom. The molecule has 0 saturated carbocycles. The van der Waals surface area contributed by atoms with Gasteiger partial charge in [-0.2, -0.15) is 0 Å². The van der Waals surface area contributed by atoms with E-state index in [2.05, 4.69) is 10.3 Å². The topological polar surface area (TPSA) is 105 Å². The van der Waals surface area contributed by atoms with Crippen LogP contribution in [0.5, 0.6) is 0 Å². The van der Waals surface area contributed by atoms with Crippen molar-refractivity contribution >= 4 is 28.3 Å². The van der Waals surface area contributed by atoms with Gasteiger partial charge in [-0.15, -0.1) is 11.3 Å². The molecule has 0 aliphatic rings. The maximum atomic E-state index is 13.0. The van der Waals surface area contributed by atoms with Crippen molar-refractivity contribution in [1.82, 2.24) is 4.98 Å². The van der Waals surface area contributed by atoms with Gasteiger partial charge in [0.25, 0.3) is 0 Å². The summed E-state index contributed by atoms with van der Waals surface area (Å²) in [5.41, 5.74) is 6.20. The number of carbonyl (C=O) groups excluding carboxylic acids is 1. The van der Waals surface area contributed by atoms with Gasteiger partial charge < -0.3 is 16.2 Å². The molecule has 2 rings (SSSR count). The Morgan fingerprint density at radius 3 is 2.86 bits per heavy atom. The van der Waals surface area contributed by atoms with Crippen molar-refractivity contribution in [3.05, 3.63) is 46.7 Å². The van der Waals surface area contributed by atoms with Crippen molar-refractivity contribution in [3.63, 3.8) is 0 Å². The predicted octanol–water partition coefficient (Wildman–Crippen LogP) is 1.49. The van der Waals surface area contributed by atoms with Gasteiger partial charge in [0.1, 0.15) is 5.82 Å². The number of amides is 1. The van der Waals surface area contributed by atoms with E-state index in [1.807, 2.05) is 0 Å². The van der Waals surface area contributed by atoms with Crippen LogP contribution in [0, 0.1) is 5.82 Å². The Kier molecular flexibility index (Phi) is 4.61. The summed E-state index contributed by atoms with van der Waals surface area (Å²) in [7, 11) is 0. The van der Waals surface area contributed by atoms with E-state index in [-0.39, 0.29) is 17.2 Å². The van der Waals surface area contributed by atoms with Crippen LogP contribution in [-0.4, -0.2) is 28.0 Å². The Morgan fingerprint density at radius 2 is 2.24 bits per heavy atom. The van der Waals surface area contributed by atoms with Crippen molar-refractivity contribution < 1.29 is 19.1 Å². The van der Waals surface area contributed by atoms with Gasteiger partial charge in [-0.3, -0.25) is 4.79 Å². The number of nitrogens with zero attached hydrogens (tertiary/aromatic N) is 1. The van der Waals surface area contributed by atoms with Crippen molar-refractivity contribution in [2.45, 2.75) is 12.5 Å². The monoisotopic (exact) mass is 309 g/mol. The number of benzene rings is 1. The summed E-state index contributed by atoms with van der Waals surface area (Å²) in [4.78, 5) is 26.3. The molecule has 1 amide bonds. The second-order valence-electron chi connectivity index (χ2n) is 4.27. The van der Waals surface area contributed by atoms with E-state index in [1.165, 1.54) is 23.6 Å². The van der Waals surface area contributed by atoms with Gasteiger partial charge in [0.15, 0.2) is 10.8 Å². The van der Waals surface area contributed by atoms with E-state index >= 15 is 0 Å². The molecule has 0 saturated heterocycles. The summed E-state index contributed by atoms with van der Waals surface area (Å²) in [6.45, 7) is 0. The maximum absolute atomic E-state index is 13.0. The molecule has 1 aromatic heterocycles. The highest BCUT2D eigenvalue weighted by Crippen LogP contribution is 2.16. The lowest BCUT2D eigenvalue weighted by Gasteiger charge is -2.10. The number of carboxylic acid groups (broad SMARTS) is 1. The van der Waals surface area contributed by atoms with Gasteiger partial charge in [-0.25, -0.2) is 14.2 Å². The van der Waals surface area contributed by atoms with Gasteiger partial charge in [-0.05, 0) is 24.1 Å². The van der Waals surface area contributed by atoms with E-state index in [4.69, 9.17) is 10.8 Å². The third kappa shape index (κ3) is 4.07. The van der Waals surface area contributed by atoms with E-state index in [0.717, 1.165) is 11.3 Å². The SMILES string of the molecule is N[C@@H](Cc1cccc(F)c1)C(=O)Nc1nc(C(=O)O)cs1. The van der Waals surface area contributed by atoms with Crippen LogP contribution < -0.4 is 11.1 Å². The molecule has 0 bridgehead atoms. The van der Waals surface area contributed by atoms with Crippen LogP contribution in [0.15, 0.2) is 29.6 Å². The minimum absolute atomic E-state index is 0.144. The molecule has 4 N–H and O–H groups in total. The maximum Gasteiger partial charge on any atom is 0.355 e. The molecule has 21 heavy (non-hydrogen) atoms. The van der Waals surface area contributed by atoms with Crippen molar-refractivity contribution in [3.8, 4) is 0 Å². The summed E-state index contributed by atoms with van der Waals surface area (Å²) in [6.07, 6.45) is 0.167. The molecule has 110 valence electrons. The average molecular weight is 309 g/mol. The van der Waals surface area contributed by atoms with Gasteiger partial charge in [0.2, 0.25) is 5.91 Å². The summed E-state index contributed by atoms with van der Waals surface area (Å²) < 4.78 is 13.0. The molecule has 0 aliphatic heterocycles. The zero-order valence-corrected chi connectivity index (χ0v) is 11.6. The lowest BCUT2D eigenvalue weighted by Crippen LogP contribution is -2.37. The second-order valence-corrected chi connectivity index (χ2v) is 5.13. The number of thiazole rings is 1. The Labute approximate surface area is 123 Å². The van der Waals surface area contributed by atoms with Crippen LogP contribution in [0.25, 0.3) is 0 Å². The smallest absolute Gasteiger partial charge is 0.355 e. The highest BCUT2D eigenvalue weighted by molar-refractivity contribution is 7.14. The number of nitrogens with one attached hydrogen (secondary N) is 1. The van der Waals surface area contributed by atoms with Crippen LogP contribution in [0.4, 0.5) is 9.52 Å². The van der Waals surface area contributed by atoms with Crippen molar-refractivity contribution in [2.24, 2.45) is 5.73 Å². The zero-order valence-electron chi connectivity index (χ0n) is 10.7. The first-order valence-corrected chi connectivity index (χ1v) is 6.83. The molecule has 1 heterocycles. The summed E-state index contributed by atoms with van der Waals surface area (Å²) in [5, 5.41) is 12.6. The highest BCUT2D eigenvalue weighted by Gasteiger charge is 2.17. The van der Waals surface area contributed by atoms with E-state index < -0.39 is 23.7 Å². The number of carbonyl (C=O) groups is 2. The Balaban J connectivity index is 1.97. The summed E-state index contributed by atoms with van der Waals surface area (Å²) in [6, 6.07) is 4.93. The number of rotatable bonds is 5.